The monoisotopic (exact) mass is 565 g/mol. The third kappa shape index (κ3) is 5.35. The Bertz CT molecular complexity index is 1650. The molecule has 0 unspecified atom stereocenters. The summed E-state index contributed by atoms with van der Waals surface area (Å²) in [6.07, 6.45) is 3.22. The number of nitrogens with zero attached hydrogens (tertiary/aromatic N) is 3. The summed E-state index contributed by atoms with van der Waals surface area (Å²) in [5, 5.41) is 17.9. The van der Waals surface area contributed by atoms with E-state index >= 15 is 0 Å². The Kier molecular flexibility index (Phi) is 7.20. The van der Waals surface area contributed by atoms with E-state index in [0.29, 0.717) is 48.6 Å². The van der Waals surface area contributed by atoms with Crippen LogP contribution in [0.2, 0.25) is 0 Å². The van der Waals surface area contributed by atoms with Gasteiger partial charge in [0.25, 0.3) is 11.6 Å². The summed E-state index contributed by atoms with van der Waals surface area (Å²) in [6.45, 7) is 4.04. The number of hydrogen-bond acceptors (Lipinski definition) is 6. The molecule has 3 heterocycles. The number of hydrogen-bond donors (Lipinski definition) is 2. The summed E-state index contributed by atoms with van der Waals surface area (Å²) in [4.78, 5) is 52.3. The molecule has 6 rings (SSSR count). The van der Waals surface area contributed by atoms with E-state index in [2.05, 4.69) is 10.6 Å². The number of nitro groups is 1. The van der Waals surface area contributed by atoms with Crippen LogP contribution < -0.4 is 10.6 Å². The molecular weight excluding hydrogens is 534 g/mol. The summed E-state index contributed by atoms with van der Waals surface area (Å²) < 4.78 is 0. The van der Waals surface area contributed by atoms with Crippen molar-refractivity contribution >= 4 is 46.1 Å². The maximum Gasteiger partial charge on any atom is 0.270 e. The summed E-state index contributed by atoms with van der Waals surface area (Å²) in [5.41, 5.74) is 6.37. The molecule has 10 heteroatoms. The van der Waals surface area contributed by atoms with Gasteiger partial charge in [0.1, 0.15) is 0 Å². The van der Waals surface area contributed by atoms with E-state index in [1.807, 2.05) is 52.3 Å². The smallest absolute Gasteiger partial charge is 0.270 e. The number of likely N-dealkylation sites (tertiary alicyclic amines) is 1. The molecule has 10 nitrogen and oxygen atoms in total. The Morgan fingerprint density at radius 2 is 1.79 bits per heavy atom. The molecule has 1 fully saturated rings. The molecule has 2 N–H and O–H groups in total. The molecule has 3 aromatic carbocycles. The number of non-ortho nitro benzene ring substituents is 1. The summed E-state index contributed by atoms with van der Waals surface area (Å²) in [6, 6.07) is 18.0. The molecule has 214 valence electrons. The second-order valence-electron chi connectivity index (χ2n) is 11.0. The number of rotatable bonds is 6. The standard InChI is InChI=1S/C32H31N5O5/c1-20(38)35-15-13-23-16-25(10-9-24(23)19-35)33-31(30-27-17-26(37(41)42)11-12-28(27)34-32(30)40)22-7-5-21(6-8-22)18-36-14-3-2-4-29(36)39/h5-12,16-17,33H,2-4,13-15,18-19H2,1H3,(H,34,40). The minimum atomic E-state index is -0.474. The van der Waals surface area contributed by atoms with Gasteiger partial charge in [-0.2, -0.15) is 0 Å². The van der Waals surface area contributed by atoms with Gasteiger partial charge in [-0.1, -0.05) is 30.3 Å². The Morgan fingerprint density at radius 1 is 0.976 bits per heavy atom. The summed E-state index contributed by atoms with van der Waals surface area (Å²) in [7, 11) is 0. The molecule has 3 amide bonds. The van der Waals surface area contributed by atoms with Crippen LogP contribution in [0.15, 0.2) is 60.7 Å². The fraction of sp³-hybridized carbons (Fsp3) is 0.281. The Hall–Kier alpha value is -4.99. The van der Waals surface area contributed by atoms with Crippen molar-refractivity contribution in [3.63, 3.8) is 0 Å². The second kappa shape index (κ2) is 11.1. The van der Waals surface area contributed by atoms with Gasteiger partial charge in [0.15, 0.2) is 0 Å². The molecule has 0 atom stereocenters. The number of carbonyl (C=O) groups excluding carboxylic acids is 3. The van der Waals surface area contributed by atoms with Crippen LogP contribution in [0, 0.1) is 10.1 Å². The molecule has 1 saturated heterocycles. The molecule has 0 radical (unpaired) electrons. The van der Waals surface area contributed by atoms with E-state index in [-0.39, 0.29) is 23.4 Å². The molecule has 0 spiro atoms. The topological polar surface area (TPSA) is 125 Å². The molecule has 0 bridgehead atoms. The van der Waals surface area contributed by atoms with Crippen molar-refractivity contribution in [2.24, 2.45) is 0 Å². The molecule has 0 aromatic heterocycles. The van der Waals surface area contributed by atoms with Gasteiger partial charge < -0.3 is 20.4 Å². The number of amides is 3. The first-order valence-electron chi connectivity index (χ1n) is 14.1. The van der Waals surface area contributed by atoms with Crippen LogP contribution in [0.3, 0.4) is 0 Å². The van der Waals surface area contributed by atoms with Crippen molar-refractivity contribution in [3.8, 4) is 0 Å². The molecule has 3 aliphatic heterocycles. The van der Waals surface area contributed by atoms with Crippen LogP contribution in [0.1, 0.15) is 54.0 Å². The minimum Gasteiger partial charge on any atom is -0.354 e. The lowest BCUT2D eigenvalue weighted by Crippen LogP contribution is -2.34. The highest BCUT2D eigenvalue weighted by atomic mass is 16.6. The number of anilines is 2. The van der Waals surface area contributed by atoms with Gasteiger partial charge in [-0.25, -0.2) is 0 Å². The average molecular weight is 566 g/mol. The van der Waals surface area contributed by atoms with E-state index in [1.54, 1.807) is 13.0 Å². The maximum absolute atomic E-state index is 13.4. The fourth-order valence-corrected chi connectivity index (χ4v) is 5.87. The van der Waals surface area contributed by atoms with E-state index in [1.165, 1.54) is 12.1 Å². The van der Waals surface area contributed by atoms with Gasteiger partial charge in [0, 0.05) is 68.6 Å². The van der Waals surface area contributed by atoms with Crippen LogP contribution in [-0.2, 0) is 33.9 Å². The van der Waals surface area contributed by atoms with Crippen LogP contribution in [0.5, 0.6) is 0 Å². The van der Waals surface area contributed by atoms with E-state index in [0.717, 1.165) is 53.7 Å². The lowest BCUT2D eigenvalue weighted by Gasteiger charge is -2.28. The van der Waals surface area contributed by atoms with E-state index in [4.69, 9.17) is 0 Å². The Labute approximate surface area is 243 Å². The SMILES string of the molecule is CC(=O)N1CCc2cc(NC(=C3C(=O)Nc4ccc([N+](=O)[O-])cc43)c3ccc(CN4CCCCC4=O)cc3)ccc2C1. The number of piperidine rings is 1. The largest absolute Gasteiger partial charge is 0.354 e. The lowest BCUT2D eigenvalue weighted by atomic mass is 9.97. The predicted octanol–water partition coefficient (Wildman–Crippen LogP) is 4.94. The first kappa shape index (κ1) is 27.2. The maximum atomic E-state index is 13.4. The predicted molar refractivity (Wildman–Crippen MR) is 159 cm³/mol. The zero-order valence-electron chi connectivity index (χ0n) is 23.3. The Balaban J connectivity index is 1.39. The van der Waals surface area contributed by atoms with Crippen molar-refractivity contribution in [2.75, 3.05) is 23.7 Å². The molecule has 3 aliphatic rings. The van der Waals surface area contributed by atoms with Gasteiger partial charge in [0.2, 0.25) is 11.8 Å². The first-order chi connectivity index (χ1) is 20.3. The zero-order chi connectivity index (χ0) is 29.4. The quantitative estimate of drug-likeness (QED) is 0.248. The van der Waals surface area contributed by atoms with Gasteiger partial charge >= 0.3 is 0 Å². The van der Waals surface area contributed by atoms with Gasteiger partial charge in [0.05, 0.1) is 16.2 Å². The number of fused-ring (bicyclic) bond motifs is 2. The zero-order valence-corrected chi connectivity index (χ0v) is 23.3. The van der Waals surface area contributed by atoms with Crippen molar-refractivity contribution < 1.29 is 19.3 Å². The van der Waals surface area contributed by atoms with Crippen molar-refractivity contribution in [2.45, 2.75) is 45.7 Å². The summed E-state index contributed by atoms with van der Waals surface area (Å²) >= 11 is 0. The third-order valence-electron chi connectivity index (χ3n) is 8.18. The van der Waals surface area contributed by atoms with Crippen molar-refractivity contribution in [3.05, 3.63) is 98.6 Å². The van der Waals surface area contributed by atoms with Crippen LogP contribution in [0.25, 0.3) is 11.3 Å². The Morgan fingerprint density at radius 3 is 2.52 bits per heavy atom. The second-order valence-corrected chi connectivity index (χ2v) is 11.0. The van der Waals surface area contributed by atoms with Gasteiger partial charge in [-0.15, -0.1) is 0 Å². The molecule has 0 saturated carbocycles. The molecular formula is C32H31N5O5. The van der Waals surface area contributed by atoms with Gasteiger partial charge in [-0.3, -0.25) is 24.5 Å². The number of carbonyl (C=O) groups is 3. The lowest BCUT2D eigenvalue weighted by molar-refractivity contribution is -0.384. The van der Waals surface area contributed by atoms with E-state index < -0.39 is 4.92 Å². The highest BCUT2D eigenvalue weighted by Gasteiger charge is 2.30. The minimum absolute atomic E-state index is 0.0444. The average Bonchev–Trinajstić information content (AvgIpc) is 3.31. The molecule has 3 aromatic rings. The van der Waals surface area contributed by atoms with E-state index in [9.17, 15) is 24.5 Å². The van der Waals surface area contributed by atoms with Gasteiger partial charge in [-0.05, 0) is 59.7 Å². The molecule has 42 heavy (non-hydrogen) atoms. The highest BCUT2D eigenvalue weighted by Crippen LogP contribution is 2.39. The summed E-state index contributed by atoms with van der Waals surface area (Å²) in [5.74, 6) is -0.150. The normalized spacial score (nSPS) is 17.4. The molecule has 0 aliphatic carbocycles. The number of nitro benzene ring substituents is 1. The van der Waals surface area contributed by atoms with Crippen LogP contribution in [-0.4, -0.2) is 45.5 Å². The highest BCUT2D eigenvalue weighted by molar-refractivity contribution is 6.37. The van der Waals surface area contributed by atoms with Crippen molar-refractivity contribution in [1.82, 2.24) is 9.80 Å². The third-order valence-corrected chi connectivity index (χ3v) is 8.18. The van der Waals surface area contributed by atoms with Crippen LogP contribution >= 0.6 is 0 Å². The fourth-order valence-electron chi connectivity index (χ4n) is 5.87. The number of benzene rings is 3. The first-order valence-corrected chi connectivity index (χ1v) is 14.1. The number of nitrogens with one attached hydrogen (secondary N) is 2. The van der Waals surface area contributed by atoms with Crippen molar-refractivity contribution in [1.29, 1.82) is 0 Å². The van der Waals surface area contributed by atoms with Crippen LogP contribution in [0.4, 0.5) is 17.1 Å².